The molecule has 2 aromatic carbocycles. The van der Waals surface area contributed by atoms with Crippen LogP contribution in [0.5, 0.6) is 0 Å². The van der Waals surface area contributed by atoms with E-state index < -0.39 is 42.1 Å². The molecule has 0 spiro atoms. The van der Waals surface area contributed by atoms with Crippen molar-refractivity contribution >= 4 is 70.0 Å². The number of amides is 3. The number of nitrogens with zero attached hydrogens (tertiary/aromatic N) is 6. The van der Waals surface area contributed by atoms with Gasteiger partial charge in [0, 0.05) is 94.4 Å². The molecule has 2 aliphatic rings. The Labute approximate surface area is 368 Å². The summed E-state index contributed by atoms with van der Waals surface area (Å²) in [5.41, 5.74) is 5.18. The predicted octanol–water partition coefficient (Wildman–Crippen LogP) is 5.18. The van der Waals surface area contributed by atoms with Gasteiger partial charge in [-0.05, 0) is 38.1 Å². The number of ketones is 1. The fraction of sp³-hybridized carbons (Fsp3) is 0.442. The van der Waals surface area contributed by atoms with Crippen LogP contribution in [0.25, 0.3) is 11.1 Å². The largest absolute Gasteiger partial charge is 0.481 e. The minimum atomic E-state index is -1.50. The number of carboxylic acids is 2. The smallest absolute Gasteiger partial charge is 0.326 e. The molecule has 17 nitrogen and oxygen atoms in total. The molecule has 2 aliphatic heterocycles. The number of rotatable bonds is 18. The third kappa shape index (κ3) is 10.7. The number of aromatic nitrogens is 4. The molecule has 4 aromatic rings. The van der Waals surface area contributed by atoms with Gasteiger partial charge < -0.3 is 35.3 Å². The molecule has 330 valence electrons. The van der Waals surface area contributed by atoms with Crippen LogP contribution in [0.4, 0.5) is 11.4 Å². The Morgan fingerprint density at radius 2 is 1.19 bits per heavy atom. The van der Waals surface area contributed by atoms with E-state index in [1.807, 2.05) is 25.5 Å². The second kappa shape index (κ2) is 20.0. The van der Waals surface area contributed by atoms with Crippen LogP contribution in [0.15, 0.2) is 36.4 Å². The lowest BCUT2D eigenvalue weighted by Crippen LogP contribution is -2.42. The number of fused-ring (bicyclic) bond motifs is 2. The minimum absolute atomic E-state index is 0.0178. The molecule has 5 N–H and O–H groups in total. The van der Waals surface area contributed by atoms with E-state index in [1.54, 1.807) is 48.0 Å². The van der Waals surface area contributed by atoms with Crippen molar-refractivity contribution < 1.29 is 39.0 Å². The summed E-state index contributed by atoms with van der Waals surface area (Å²) >= 11 is 13.9. The Morgan fingerprint density at radius 3 is 1.63 bits per heavy atom. The summed E-state index contributed by atoms with van der Waals surface area (Å²) in [5, 5.41) is 26.6. The zero-order valence-electron chi connectivity index (χ0n) is 35.1. The molecule has 62 heavy (non-hydrogen) atoms. The molecule has 1 atom stereocenters. The quantitative estimate of drug-likeness (QED) is 0.0873. The van der Waals surface area contributed by atoms with Crippen molar-refractivity contribution in [1.82, 2.24) is 34.2 Å². The van der Waals surface area contributed by atoms with E-state index in [0.29, 0.717) is 73.6 Å². The van der Waals surface area contributed by atoms with Gasteiger partial charge in [-0.1, -0.05) is 61.3 Å². The monoisotopic (exact) mass is 891 g/mol. The van der Waals surface area contributed by atoms with Crippen LogP contribution in [0.3, 0.4) is 0 Å². The molecule has 0 saturated carbocycles. The molecule has 1 unspecified atom stereocenters. The summed E-state index contributed by atoms with van der Waals surface area (Å²) in [6.45, 7) is 7.60. The van der Waals surface area contributed by atoms with Crippen LogP contribution in [0.1, 0.15) is 90.0 Å². The number of Topliss-reactive ketones (excluding diaryl/α,β-unsaturated/α-hetero) is 1. The molecular formula is C43H51Cl2N9O8. The van der Waals surface area contributed by atoms with Gasteiger partial charge in [0.05, 0.1) is 39.2 Å². The number of imidazole rings is 2. The molecular weight excluding hydrogens is 841 g/mol. The first-order valence-electron chi connectivity index (χ1n) is 20.5. The summed E-state index contributed by atoms with van der Waals surface area (Å²) < 4.78 is 3.56. The van der Waals surface area contributed by atoms with E-state index in [4.69, 9.17) is 33.3 Å². The molecule has 0 saturated heterocycles. The zero-order valence-corrected chi connectivity index (χ0v) is 36.6. The van der Waals surface area contributed by atoms with Gasteiger partial charge in [0.15, 0.2) is 11.6 Å². The molecule has 19 heteroatoms. The molecule has 2 aromatic heterocycles. The lowest BCUT2D eigenvalue weighted by molar-refractivity contribution is -0.147. The van der Waals surface area contributed by atoms with Gasteiger partial charge in [0.2, 0.25) is 5.91 Å². The van der Waals surface area contributed by atoms with Gasteiger partial charge in [-0.2, -0.15) is 0 Å². The van der Waals surface area contributed by atoms with Gasteiger partial charge in [-0.3, -0.25) is 33.8 Å². The highest BCUT2D eigenvalue weighted by molar-refractivity contribution is 6.40. The summed E-state index contributed by atoms with van der Waals surface area (Å²) in [5.74, 6) is -3.46. The summed E-state index contributed by atoms with van der Waals surface area (Å²) in [6, 6.07) is 8.87. The lowest BCUT2D eigenvalue weighted by Gasteiger charge is -2.26. The first kappa shape index (κ1) is 45.9. The minimum Gasteiger partial charge on any atom is -0.481 e. The van der Waals surface area contributed by atoms with Crippen LogP contribution < -0.4 is 16.0 Å². The van der Waals surface area contributed by atoms with Crippen molar-refractivity contribution in [2.75, 3.05) is 36.8 Å². The average Bonchev–Trinajstić information content (AvgIpc) is 3.74. The van der Waals surface area contributed by atoms with E-state index in [1.165, 1.54) is 0 Å². The van der Waals surface area contributed by atoms with Crippen LogP contribution in [-0.2, 0) is 59.2 Å². The highest BCUT2D eigenvalue weighted by Gasteiger charge is 2.29. The van der Waals surface area contributed by atoms with Crippen LogP contribution in [0, 0.1) is 5.92 Å². The normalized spacial score (nSPS) is 14.5. The Morgan fingerprint density at radius 1 is 0.726 bits per heavy atom. The Balaban J connectivity index is 1.07. The molecule has 3 amide bonds. The van der Waals surface area contributed by atoms with Crippen molar-refractivity contribution in [2.24, 2.45) is 20.0 Å². The number of benzene rings is 2. The number of nitrogens with one attached hydrogen (secondary N) is 3. The van der Waals surface area contributed by atoms with E-state index in [-0.39, 0.29) is 39.8 Å². The van der Waals surface area contributed by atoms with Crippen LogP contribution in [0.2, 0.25) is 10.0 Å². The number of carbonyl (C=O) groups is 6. The summed E-state index contributed by atoms with van der Waals surface area (Å²) in [6.07, 6.45) is 2.37. The van der Waals surface area contributed by atoms with E-state index in [9.17, 15) is 33.9 Å². The third-order valence-electron chi connectivity index (χ3n) is 11.3. The van der Waals surface area contributed by atoms with Gasteiger partial charge in [0.25, 0.3) is 11.8 Å². The molecule has 0 aliphatic carbocycles. The first-order valence-corrected chi connectivity index (χ1v) is 21.3. The number of carbonyl (C=O) groups excluding carboxylic acids is 4. The predicted molar refractivity (Wildman–Crippen MR) is 232 cm³/mol. The van der Waals surface area contributed by atoms with Crippen molar-refractivity contribution in [2.45, 2.75) is 77.9 Å². The van der Waals surface area contributed by atoms with Gasteiger partial charge in [-0.25, -0.2) is 14.8 Å². The van der Waals surface area contributed by atoms with Gasteiger partial charge >= 0.3 is 11.9 Å². The third-order valence-corrected chi connectivity index (χ3v) is 12.1. The number of aliphatic carboxylic acids is 2. The first-order chi connectivity index (χ1) is 29.5. The van der Waals surface area contributed by atoms with E-state index in [0.717, 1.165) is 43.0 Å². The van der Waals surface area contributed by atoms with Crippen molar-refractivity contribution in [3.05, 3.63) is 80.9 Å². The Hall–Kier alpha value is -5.62. The number of hydrogen-bond donors (Lipinski definition) is 5. The van der Waals surface area contributed by atoms with E-state index >= 15 is 0 Å². The van der Waals surface area contributed by atoms with Crippen molar-refractivity contribution in [1.29, 1.82) is 0 Å². The molecule has 0 radical (unpaired) electrons. The molecule has 6 rings (SSSR count). The topological polar surface area (TPSA) is 221 Å². The SMILES string of the molecule is CC(C)C(=O)CCCN1CCc2c(nc(C(=O)Nc3cccc(-c4cccc(NC(=O)c5nc6c(n5C)CCN(CCCC(=O)NC(CC(=O)O)C(=O)O)C6)c4Cl)c3Cl)n2C)C1. The van der Waals surface area contributed by atoms with Gasteiger partial charge in [0.1, 0.15) is 11.8 Å². The second-order valence-electron chi connectivity index (χ2n) is 16.0. The number of halogens is 2. The number of hydrogen-bond acceptors (Lipinski definition) is 10. The Kier molecular flexibility index (Phi) is 14.8. The molecule has 4 heterocycles. The zero-order chi connectivity index (χ0) is 44.8. The summed E-state index contributed by atoms with van der Waals surface area (Å²) in [4.78, 5) is 87.6. The lowest BCUT2D eigenvalue weighted by atomic mass is 10.0. The number of carboxylic acid groups (broad SMARTS) is 2. The fourth-order valence-electron chi connectivity index (χ4n) is 7.85. The van der Waals surface area contributed by atoms with Crippen LogP contribution in [-0.4, -0.2) is 107 Å². The summed E-state index contributed by atoms with van der Waals surface area (Å²) in [7, 11) is 3.59. The van der Waals surface area contributed by atoms with Crippen molar-refractivity contribution in [3.63, 3.8) is 0 Å². The number of anilines is 2. The standard InChI is InChI=1S/C43H51Cl2N9O8/c1-24(2)34(55)13-7-17-53-19-15-32-30(22-53)47-39(51(32)3)41(59)49-27-11-5-9-25(37(27)44)26-10-6-12-28(38(26)45)50-42(60)40-48-31-23-54(20-16-33(31)52(40)4)18-8-14-35(56)46-29(43(61)62)21-36(57)58/h5-6,9-12,24,29H,7-8,13-23H2,1-4H3,(H,46,56)(H,49,59)(H,50,60)(H,57,58)(H,61,62). The maximum Gasteiger partial charge on any atom is 0.326 e. The maximum absolute atomic E-state index is 13.7. The highest BCUT2D eigenvalue weighted by Crippen LogP contribution is 2.40. The van der Waals surface area contributed by atoms with Crippen molar-refractivity contribution in [3.8, 4) is 11.1 Å². The maximum atomic E-state index is 13.7. The van der Waals surface area contributed by atoms with E-state index in [2.05, 4.69) is 30.7 Å². The molecule has 0 fully saturated rings. The van der Waals surface area contributed by atoms with Gasteiger partial charge in [-0.15, -0.1) is 0 Å². The fourth-order valence-corrected chi connectivity index (χ4v) is 8.40. The Bertz CT molecular complexity index is 2390. The second-order valence-corrected chi connectivity index (χ2v) is 16.7. The highest BCUT2D eigenvalue weighted by atomic mass is 35.5. The average molecular weight is 893 g/mol. The molecule has 0 bridgehead atoms. The van der Waals surface area contributed by atoms with Crippen LogP contribution >= 0.6 is 23.2 Å².